The molecule has 3 heterocycles. The average Bonchev–Trinajstić information content (AvgIpc) is 2.88. The fourth-order valence-corrected chi connectivity index (χ4v) is 2.92. The molecule has 5 nitrogen and oxygen atoms in total. The van der Waals surface area contributed by atoms with Gasteiger partial charge in [0.15, 0.2) is 0 Å². The summed E-state index contributed by atoms with van der Waals surface area (Å²) in [4.78, 5) is 10.7. The third-order valence-corrected chi connectivity index (χ3v) is 4.33. The van der Waals surface area contributed by atoms with E-state index in [0.29, 0.717) is 6.54 Å². The molecule has 0 amide bonds. The van der Waals surface area contributed by atoms with Crippen molar-refractivity contribution in [2.24, 2.45) is 0 Å². The van der Waals surface area contributed by atoms with Crippen molar-refractivity contribution in [3.63, 3.8) is 0 Å². The van der Waals surface area contributed by atoms with Crippen molar-refractivity contribution in [1.82, 2.24) is 19.4 Å². The minimum atomic E-state index is -0.611. The van der Waals surface area contributed by atoms with E-state index in [9.17, 15) is 5.11 Å². The van der Waals surface area contributed by atoms with E-state index >= 15 is 0 Å². The van der Waals surface area contributed by atoms with Crippen LogP contribution in [0.15, 0.2) is 36.9 Å². The molecule has 1 saturated heterocycles. The molecular weight excluding hydrogens is 264 g/mol. The topological polar surface area (TPSA) is 54.2 Å². The average molecular weight is 286 g/mol. The fourth-order valence-electron chi connectivity index (χ4n) is 2.92. The van der Waals surface area contributed by atoms with E-state index in [1.165, 1.54) is 5.56 Å². The zero-order chi connectivity index (χ0) is 14.7. The first-order valence-corrected chi connectivity index (χ1v) is 7.46. The molecule has 3 rings (SSSR count). The fraction of sp³-hybridized carbons (Fsp3) is 0.500. The molecule has 0 unspecified atom stereocenters. The van der Waals surface area contributed by atoms with Gasteiger partial charge in [0.1, 0.15) is 5.82 Å². The van der Waals surface area contributed by atoms with Crippen molar-refractivity contribution in [3.8, 4) is 0 Å². The molecule has 0 saturated carbocycles. The number of nitrogens with zero attached hydrogens (tertiary/aromatic N) is 4. The number of aliphatic hydroxyl groups is 1. The molecule has 21 heavy (non-hydrogen) atoms. The smallest absolute Gasteiger partial charge is 0.105 e. The van der Waals surface area contributed by atoms with Crippen LogP contribution in [0.5, 0.6) is 0 Å². The lowest BCUT2D eigenvalue weighted by Gasteiger charge is -2.38. The van der Waals surface area contributed by atoms with Crippen molar-refractivity contribution < 1.29 is 5.11 Å². The summed E-state index contributed by atoms with van der Waals surface area (Å²) in [5.41, 5.74) is 0.668. The molecule has 0 aliphatic carbocycles. The zero-order valence-corrected chi connectivity index (χ0v) is 12.4. The zero-order valence-electron chi connectivity index (χ0n) is 12.4. The van der Waals surface area contributed by atoms with Crippen LogP contribution in [0.1, 0.15) is 24.2 Å². The first-order valence-electron chi connectivity index (χ1n) is 7.46. The molecule has 1 N–H and O–H groups in total. The van der Waals surface area contributed by atoms with Crippen LogP contribution in [0.25, 0.3) is 0 Å². The highest BCUT2D eigenvalue weighted by Gasteiger charge is 2.32. The number of hydrogen-bond donors (Lipinski definition) is 1. The van der Waals surface area contributed by atoms with Gasteiger partial charge in [0.05, 0.1) is 12.1 Å². The van der Waals surface area contributed by atoms with Crippen molar-refractivity contribution >= 4 is 0 Å². The summed E-state index contributed by atoms with van der Waals surface area (Å²) in [5.74, 6) is 0.961. The molecule has 0 spiro atoms. The largest absolute Gasteiger partial charge is 0.388 e. The number of pyridine rings is 1. The number of aryl methyl sites for hydroxylation is 1. The lowest BCUT2D eigenvalue weighted by Crippen LogP contribution is -2.46. The molecule has 112 valence electrons. The first kappa shape index (κ1) is 14.2. The van der Waals surface area contributed by atoms with Crippen molar-refractivity contribution in [2.45, 2.75) is 38.5 Å². The summed E-state index contributed by atoms with van der Waals surface area (Å²) in [6.45, 7) is 5.39. The van der Waals surface area contributed by atoms with Crippen LogP contribution in [0.2, 0.25) is 0 Å². The number of likely N-dealkylation sites (tertiary alicyclic amines) is 1. The number of aromatic nitrogens is 3. The van der Waals surface area contributed by atoms with Crippen LogP contribution in [0, 0.1) is 6.92 Å². The minimum absolute atomic E-state index is 0.611. The van der Waals surface area contributed by atoms with Crippen molar-refractivity contribution in [2.75, 3.05) is 13.1 Å². The summed E-state index contributed by atoms with van der Waals surface area (Å²) in [7, 11) is 0. The van der Waals surface area contributed by atoms with Gasteiger partial charge in [-0.3, -0.25) is 9.88 Å². The molecular formula is C16H22N4O. The highest BCUT2D eigenvalue weighted by atomic mass is 16.3. The van der Waals surface area contributed by atoms with Gasteiger partial charge in [-0.25, -0.2) is 4.98 Å². The SMILES string of the molecule is Cc1nccn1CC1(O)CCN(Cc2ccncc2)CC1. The second kappa shape index (κ2) is 5.95. The Kier molecular flexibility index (Phi) is 4.03. The standard InChI is InChI=1S/C16H22N4O/c1-14-18-8-11-20(14)13-16(21)4-9-19(10-5-16)12-15-2-6-17-7-3-15/h2-3,6-8,11,21H,4-5,9-10,12-13H2,1H3. The maximum absolute atomic E-state index is 10.8. The van der Waals surface area contributed by atoms with Crippen molar-refractivity contribution in [1.29, 1.82) is 0 Å². The molecule has 0 radical (unpaired) electrons. The van der Waals surface area contributed by atoms with Crippen LogP contribution in [0.4, 0.5) is 0 Å². The van der Waals surface area contributed by atoms with E-state index in [-0.39, 0.29) is 0 Å². The van der Waals surface area contributed by atoms with E-state index in [4.69, 9.17) is 0 Å². The third kappa shape index (κ3) is 3.49. The van der Waals surface area contributed by atoms with E-state index in [2.05, 4.69) is 27.0 Å². The van der Waals surface area contributed by atoms with Crippen molar-refractivity contribution in [3.05, 3.63) is 48.3 Å². The minimum Gasteiger partial charge on any atom is -0.388 e. The number of hydrogen-bond acceptors (Lipinski definition) is 4. The van der Waals surface area contributed by atoms with Gasteiger partial charge in [0.25, 0.3) is 0 Å². The van der Waals surface area contributed by atoms with Gasteiger partial charge in [-0.05, 0) is 37.5 Å². The summed E-state index contributed by atoms with van der Waals surface area (Å²) in [6, 6.07) is 4.10. The van der Waals surface area contributed by atoms with Crippen LogP contribution in [0.3, 0.4) is 0 Å². The maximum atomic E-state index is 10.8. The Hall–Kier alpha value is -1.72. The van der Waals surface area contributed by atoms with E-state index < -0.39 is 5.60 Å². The molecule has 2 aromatic heterocycles. The lowest BCUT2D eigenvalue weighted by molar-refractivity contribution is -0.0361. The molecule has 1 aliphatic rings. The summed E-state index contributed by atoms with van der Waals surface area (Å²) < 4.78 is 2.04. The first-order chi connectivity index (χ1) is 10.1. The molecule has 1 fully saturated rings. The van der Waals surface area contributed by atoms with Crippen LogP contribution in [-0.2, 0) is 13.1 Å². The lowest BCUT2D eigenvalue weighted by atomic mass is 9.91. The van der Waals surface area contributed by atoms with Gasteiger partial charge < -0.3 is 9.67 Å². The monoisotopic (exact) mass is 286 g/mol. The molecule has 2 aromatic rings. The molecule has 0 bridgehead atoms. The molecule has 5 heteroatoms. The highest BCUT2D eigenvalue weighted by Crippen LogP contribution is 2.25. The van der Waals surface area contributed by atoms with Gasteiger partial charge in [-0.1, -0.05) is 0 Å². The Balaban J connectivity index is 1.56. The molecule has 0 atom stereocenters. The third-order valence-electron chi connectivity index (χ3n) is 4.33. The van der Waals surface area contributed by atoms with E-state index in [1.807, 2.05) is 30.1 Å². The van der Waals surface area contributed by atoms with Crippen LogP contribution < -0.4 is 0 Å². The second-order valence-electron chi connectivity index (χ2n) is 5.96. The van der Waals surface area contributed by atoms with Gasteiger partial charge in [0.2, 0.25) is 0 Å². The van der Waals surface area contributed by atoms with Gasteiger partial charge in [-0.15, -0.1) is 0 Å². The van der Waals surface area contributed by atoms with Gasteiger partial charge >= 0.3 is 0 Å². The Morgan fingerprint density at radius 3 is 2.52 bits per heavy atom. The Morgan fingerprint density at radius 1 is 1.19 bits per heavy atom. The normalized spacial score (nSPS) is 18.8. The quantitative estimate of drug-likeness (QED) is 0.928. The Morgan fingerprint density at radius 2 is 1.90 bits per heavy atom. The van der Waals surface area contributed by atoms with Gasteiger partial charge in [0, 0.05) is 44.4 Å². The summed E-state index contributed by atoms with van der Waals surface area (Å²) in [5, 5.41) is 10.8. The van der Waals surface area contributed by atoms with E-state index in [1.54, 1.807) is 6.20 Å². The predicted molar refractivity (Wildman–Crippen MR) is 80.7 cm³/mol. The molecule has 0 aromatic carbocycles. The Labute approximate surface area is 125 Å². The predicted octanol–water partition coefficient (Wildman–Crippen LogP) is 1.61. The summed E-state index contributed by atoms with van der Waals surface area (Å²) in [6.07, 6.45) is 8.99. The number of imidazole rings is 1. The van der Waals surface area contributed by atoms with Crippen LogP contribution >= 0.6 is 0 Å². The second-order valence-corrected chi connectivity index (χ2v) is 5.96. The summed E-state index contributed by atoms with van der Waals surface area (Å²) >= 11 is 0. The van der Waals surface area contributed by atoms with E-state index in [0.717, 1.165) is 38.3 Å². The maximum Gasteiger partial charge on any atom is 0.105 e. The molecule has 1 aliphatic heterocycles. The number of piperidine rings is 1. The highest BCUT2D eigenvalue weighted by molar-refractivity contribution is 5.09. The van der Waals surface area contributed by atoms with Crippen LogP contribution in [-0.4, -0.2) is 43.2 Å². The number of rotatable bonds is 4. The van der Waals surface area contributed by atoms with Gasteiger partial charge in [-0.2, -0.15) is 0 Å². The Bertz CT molecular complexity index is 573.